The first-order valence-corrected chi connectivity index (χ1v) is 7.89. The van der Waals surface area contributed by atoms with E-state index in [4.69, 9.17) is 0 Å². The molecule has 2 aliphatic rings. The molecule has 1 atom stereocenters. The van der Waals surface area contributed by atoms with Crippen LogP contribution >= 0.6 is 0 Å². The fourth-order valence-corrected chi connectivity index (χ4v) is 3.79. The van der Waals surface area contributed by atoms with Crippen molar-refractivity contribution < 1.29 is 4.79 Å². The standard InChI is InChI=1S/C16H29NO/c1-3-15-6-4-5-11-17(15)12-16(13-18)9-7-14(2)8-10-16/h13-15H,3-12H2,1-2H3. The van der Waals surface area contributed by atoms with Gasteiger partial charge in [-0.3, -0.25) is 4.90 Å². The van der Waals surface area contributed by atoms with Gasteiger partial charge in [-0.2, -0.15) is 0 Å². The number of carbonyl (C=O) groups is 1. The molecular formula is C16H29NO. The highest BCUT2D eigenvalue weighted by molar-refractivity contribution is 5.60. The van der Waals surface area contributed by atoms with Gasteiger partial charge in [0.15, 0.2) is 0 Å². The molecule has 18 heavy (non-hydrogen) atoms. The lowest BCUT2D eigenvalue weighted by Gasteiger charge is -2.43. The fourth-order valence-electron chi connectivity index (χ4n) is 3.79. The molecule has 1 aliphatic heterocycles. The second kappa shape index (κ2) is 6.18. The second-order valence-corrected chi connectivity index (χ2v) is 6.69. The first-order valence-electron chi connectivity index (χ1n) is 7.89. The molecule has 2 heteroatoms. The lowest BCUT2D eigenvalue weighted by Crippen LogP contribution is -2.47. The first-order chi connectivity index (χ1) is 8.69. The summed E-state index contributed by atoms with van der Waals surface area (Å²) in [6.45, 7) is 6.86. The summed E-state index contributed by atoms with van der Waals surface area (Å²) in [6.07, 6.45) is 11.3. The average molecular weight is 251 g/mol. The Morgan fingerprint density at radius 1 is 1.22 bits per heavy atom. The van der Waals surface area contributed by atoms with E-state index in [0.29, 0.717) is 0 Å². The quantitative estimate of drug-likeness (QED) is 0.711. The van der Waals surface area contributed by atoms with Crippen molar-refractivity contribution in [1.82, 2.24) is 4.90 Å². The number of hydrogen-bond acceptors (Lipinski definition) is 2. The third-order valence-corrected chi connectivity index (χ3v) is 5.26. The molecule has 1 saturated heterocycles. The number of likely N-dealkylation sites (tertiary alicyclic amines) is 1. The van der Waals surface area contributed by atoms with Crippen LogP contribution in [-0.4, -0.2) is 30.3 Å². The third-order valence-electron chi connectivity index (χ3n) is 5.26. The summed E-state index contributed by atoms with van der Waals surface area (Å²) >= 11 is 0. The van der Waals surface area contributed by atoms with E-state index >= 15 is 0 Å². The van der Waals surface area contributed by atoms with Crippen LogP contribution in [0, 0.1) is 11.3 Å². The molecule has 1 unspecified atom stereocenters. The number of rotatable bonds is 4. The van der Waals surface area contributed by atoms with Gasteiger partial charge >= 0.3 is 0 Å². The van der Waals surface area contributed by atoms with Crippen molar-refractivity contribution in [2.45, 2.75) is 71.3 Å². The predicted octanol–water partition coefficient (Wildman–Crippen LogP) is 3.65. The molecule has 2 fully saturated rings. The van der Waals surface area contributed by atoms with Crippen molar-refractivity contribution in [1.29, 1.82) is 0 Å². The Morgan fingerprint density at radius 2 is 1.94 bits per heavy atom. The van der Waals surface area contributed by atoms with Gasteiger partial charge in [-0.1, -0.05) is 20.3 Å². The van der Waals surface area contributed by atoms with E-state index in [9.17, 15) is 4.79 Å². The molecule has 1 heterocycles. The summed E-state index contributed by atoms with van der Waals surface area (Å²) < 4.78 is 0. The molecule has 0 N–H and O–H groups in total. The Morgan fingerprint density at radius 3 is 2.56 bits per heavy atom. The van der Waals surface area contributed by atoms with Crippen molar-refractivity contribution >= 4 is 6.29 Å². The Bertz CT molecular complexity index is 268. The Labute approximate surface area is 112 Å². The highest BCUT2D eigenvalue weighted by Crippen LogP contribution is 2.39. The van der Waals surface area contributed by atoms with Crippen LogP contribution in [0.15, 0.2) is 0 Å². The van der Waals surface area contributed by atoms with E-state index in [2.05, 4.69) is 18.7 Å². The van der Waals surface area contributed by atoms with Crippen LogP contribution < -0.4 is 0 Å². The van der Waals surface area contributed by atoms with Gasteiger partial charge in [0.1, 0.15) is 6.29 Å². The smallest absolute Gasteiger partial charge is 0.127 e. The first kappa shape index (κ1) is 14.0. The van der Waals surface area contributed by atoms with Gasteiger partial charge in [0.2, 0.25) is 0 Å². The maximum Gasteiger partial charge on any atom is 0.127 e. The summed E-state index contributed by atoms with van der Waals surface area (Å²) in [5.74, 6) is 0.821. The van der Waals surface area contributed by atoms with E-state index in [0.717, 1.165) is 31.3 Å². The van der Waals surface area contributed by atoms with Gasteiger partial charge < -0.3 is 4.79 Å². The van der Waals surface area contributed by atoms with Crippen molar-refractivity contribution in [2.75, 3.05) is 13.1 Å². The van der Waals surface area contributed by atoms with Gasteiger partial charge in [0, 0.05) is 18.0 Å². The fraction of sp³-hybridized carbons (Fsp3) is 0.938. The minimum Gasteiger partial charge on any atom is -0.303 e. The van der Waals surface area contributed by atoms with Gasteiger partial charge in [0.05, 0.1) is 0 Å². The highest BCUT2D eigenvalue weighted by Gasteiger charge is 2.37. The Balaban J connectivity index is 1.98. The monoisotopic (exact) mass is 251 g/mol. The number of nitrogens with zero attached hydrogens (tertiary/aromatic N) is 1. The molecule has 0 spiro atoms. The zero-order valence-electron chi connectivity index (χ0n) is 12.2. The molecule has 0 aromatic heterocycles. The predicted molar refractivity (Wildman–Crippen MR) is 75.6 cm³/mol. The SMILES string of the molecule is CCC1CCCCN1CC1(C=O)CCC(C)CC1. The van der Waals surface area contributed by atoms with E-state index in [1.54, 1.807) is 0 Å². The molecule has 1 aliphatic carbocycles. The third kappa shape index (κ3) is 3.14. The van der Waals surface area contributed by atoms with Gasteiger partial charge in [-0.15, -0.1) is 0 Å². The minimum atomic E-state index is -0.0166. The molecule has 0 amide bonds. The van der Waals surface area contributed by atoms with E-state index in [-0.39, 0.29) is 5.41 Å². The minimum absolute atomic E-state index is 0.0166. The number of carbonyl (C=O) groups excluding carboxylic acids is 1. The lowest BCUT2D eigenvalue weighted by molar-refractivity contribution is -0.120. The van der Waals surface area contributed by atoms with Crippen molar-refractivity contribution in [3.05, 3.63) is 0 Å². The van der Waals surface area contributed by atoms with E-state index in [1.165, 1.54) is 51.4 Å². The Kier molecular flexibility index (Phi) is 4.83. The van der Waals surface area contributed by atoms with Crippen LogP contribution in [0.5, 0.6) is 0 Å². The van der Waals surface area contributed by atoms with Gasteiger partial charge in [-0.25, -0.2) is 0 Å². The molecule has 2 nitrogen and oxygen atoms in total. The van der Waals surface area contributed by atoms with Gasteiger partial charge in [-0.05, 0) is 57.4 Å². The summed E-state index contributed by atoms with van der Waals surface area (Å²) in [4.78, 5) is 14.2. The topological polar surface area (TPSA) is 20.3 Å². The van der Waals surface area contributed by atoms with Crippen molar-refractivity contribution in [3.63, 3.8) is 0 Å². The summed E-state index contributed by atoms with van der Waals surface area (Å²) in [5.41, 5.74) is -0.0166. The van der Waals surface area contributed by atoms with Crippen LogP contribution in [0.3, 0.4) is 0 Å². The molecular weight excluding hydrogens is 222 g/mol. The normalized spacial score (nSPS) is 38.6. The zero-order chi connectivity index (χ0) is 13.0. The number of piperidine rings is 1. The largest absolute Gasteiger partial charge is 0.303 e. The van der Waals surface area contributed by atoms with Crippen LogP contribution in [0.4, 0.5) is 0 Å². The molecule has 104 valence electrons. The maximum absolute atomic E-state index is 11.6. The van der Waals surface area contributed by atoms with Crippen molar-refractivity contribution in [3.8, 4) is 0 Å². The molecule has 2 rings (SSSR count). The highest BCUT2D eigenvalue weighted by atomic mass is 16.1. The summed E-state index contributed by atoms with van der Waals surface area (Å²) in [5, 5.41) is 0. The molecule has 0 aromatic rings. The van der Waals surface area contributed by atoms with Crippen LogP contribution in [-0.2, 0) is 4.79 Å². The molecule has 0 aromatic carbocycles. The van der Waals surface area contributed by atoms with Gasteiger partial charge in [0.25, 0.3) is 0 Å². The maximum atomic E-state index is 11.6. The Hall–Kier alpha value is -0.370. The molecule has 0 bridgehead atoms. The molecule has 1 saturated carbocycles. The van der Waals surface area contributed by atoms with E-state index in [1.807, 2.05) is 0 Å². The number of hydrogen-bond donors (Lipinski definition) is 0. The summed E-state index contributed by atoms with van der Waals surface area (Å²) in [6, 6.07) is 0.731. The van der Waals surface area contributed by atoms with Crippen LogP contribution in [0.1, 0.15) is 65.2 Å². The van der Waals surface area contributed by atoms with Crippen LogP contribution in [0.2, 0.25) is 0 Å². The number of aldehydes is 1. The van der Waals surface area contributed by atoms with E-state index < -0.39 is 0 Å². The van der Waals surface area contributed by atoms with Crippen molar-refractivity contribution in [2.24, 2.45) is 11.3 Å². The zero-order valence-corrected chi connectivity index (χ0v) is 12.2. The lowest BCUT2D eigenvalue weighted by atomic mass is 9.71. The second-order valence-electron chi connectivity index (χ2n) is 6.69. The molecule has 0 radical (unpaired) electrons. The average Bonchev–Trinajstić information content (AvgIpc) is 2.42. The summed E-state index contributed by atoms with van der Waals surface area (Å²) in [7, 11) is 0. The van der Waals surface area contributed by atoms with Crippen LogP contribution in [0.25, 0.3) is 0 Å².